The lowest BCUT2D eigenvalue weighted by molar-refractivity contribution is -0.0958. The molecule has 78 valence electrons. The Hall–Kier alpha value is -0.870. The first kappa shape index (κ1) is 9.68. The molecule has 1 aromatic heterocycles. The third kappa shape index (κ3) is 1.96. The lowest BCUT2D eigenvalue weighted by Crippen LogP contribution is -2.46. The van der Waals surface area contributed by atoms with Crippen molar-refractivity contribution < 1.29 is 4.74 Å². The number of hydrogen-bond donors (Lipinski definition) is 1. The highest BCUT2D eigenvalue weighted by molar-refractivity contribution is 5.10. The van der Waals surface area contributed by atoms with E-state index in [1.807, 2.05) is 19.4 Å². The van der Waals surface area contributed by atoms with Gasteiger partial charge in [0.1, 0.15) is 0 Å². The van der Waals surface area contributed by atoms with E-state index in [0.29, 0.717) is 0 Å². The zero-order valence-electron chi connectivity index (χ0n) is 8.95. The van der Waals surface area contributed by atoms with Gasteiger partial charge in [-0.1, -0.05) is 0 Å². The SMILES string of the molecule is Cn1cc(C2CNCC(C)(C)O2)cn1. The highest BCUT2D eigenvalue weighted by Crippen LogP contribution is 2.26. The zero-order valence-corrected chi connectivity index (χ0v) is 8.95. The monoisotopic (exact) mass is 195 g/mol. The summed E-state index contributed by atoms with van der Waals surface area (Å²) in [7, 11) is 1.92. The van der Waals surface area contributed by atoms with Crippen LogP contribution in [0.25, 0.3) is 0 Å². The number of nitrogens with zero attached hydrogens (tertiary/aromatic N) is 2. The quantitative estimate of drug-likeness (QED) is 0.722. The molecule has 0 spiro atoms. The molecule has 4 heteroatoms. The fourth-order valence-electron chi connectivity index (χ4n) is 1.77. The summed E-state index contributed by atoms with van der Waals surface area (Å²) in [4.78, 5) is 0. The van der Waals surface area contributed by atoms with Crippen LogP contribution in [0.15, 0.2) is 12.4 Å². The first-order valence-electron chi connectivity index (χ1n) is 4.94. The second kappa shape index (κ2) is 3.37. The van der Waals surface area contributed by atoms with E-state index in [1.54, 1.807) is 4.68 Å². The van der Waals surface area contributed by atoms with Gasteiger partial charge in [-0.25, -0.2) is 0 Å². The van der Waals surface area contributed by atoms with E-state index in [0.717, 1.165) is 18.7 Å². The van der Waals surface area contributed by atoms with Crippen LogP contribution in [-0.4, -0.2) is 28.5 Å². The Balaban J connectivity index is 2.12. The molecule has 4 nitrogen and oxygen atoms in total. The first-order chi connectivity index (χ1) is 6.57. The Kier molecular flexibility index (Phi) is 2.33. The van der Waals surface area contributed by atoms with E-state index in [1.165, 1.54) is 0 Å². The third-order valence-electron chi connectivity index (χ3n) is 2.44. The minimum atomic E-state index is -0.0846. The van der Waals surface area contributed by atoms with Crippen LogP contribution in [0.5, 0.6) is 0 Å². The van der Waals surface area contributed by atoms with Gasteiger partial charge in [-0.2, -0.15) is 5.10 Å². The Morgan fingerprint density at radius 3 is 3.00 bits per heavy atom. The van der Waals surface area contributed by atoms with Gasteiger partial charge in [-0.3, -0.25) is 4.68 Å². The van der Waals surface area contributed by atoms with E-state index >= 15 is 0 Å². The molecule has 0 bridgehead atoms. The molecule has 0 saturated carbocycles. The fraction of sp³-hybridized carbons (Fsp3) is 0.700. The minimum absolute atomic E-state index is 0.0846. The predicted molar refractivity (Wildman–Crippen MR) is 54.0 cm³/mol. The maximum Gasteiger partial charge on any atom is 0.0987 e. The van der Waals surface area contributed by atoms with Crippen molar-refractivity contribution in [1.29, 1.82) is 0 Å². The van der Waals surface area contributed by atoms with Crippen LogP contribution in [0.3, 0.4) is 0 Å². The molecule has 0 amide bonds. The summed E-state index contributed by atoms with van der Waals surface area (Å²) in [5.41, 5.74) is 1.06. The summed E-state index contributed by atoms with van der Waals surface area (Å²) in [5.74, 6) is 0. The van der Waals surface area contributed by atoms with E-state index in [4.69, 9.17) is 4.74 Å². The van der Waals surface area contributed by atoms with Crippen molar-refractivity contribution in [2.24, 2.45) is 7.05 Å². The summed E-state index contributed by atoms with van der Waals surface area (Å²) in [6.45, 7) is 5.98. The van der Waals surface area contributed by atoms with Gasteiger partial charge in [0.2, 0.25) is 0 Å². The molecule has 1 atom stereocenters. The van der Waals surface area contributed by atoms with Gasteiger partial charge in [0.05, 0.1) is 17.9 Å². The van der Waals surface area contributed by atoms with Crippen LogP contribution in [0.1, 0.15) is 25.5 Å². The van der Waals surface area contributed by atoms with E-state index in [2.05, 4.69) is 24.3 Å². The molecule has 1 aliphatic heterocycles. The molecule has 2 rings (SSSR count). The highest BCUT2D eigenvalue weighted by atomic mass is 16.5. The van der Waals surface area contributed by atoms with Crippen LogP contribution >= 0.6 is 0 Å². The lowest BCUT2D eigenvalue weighted by atomic mass is 10.1. The Bertz CT molecular complexity index is 319. The molecule has 1 saturated heterocycles. The zero-order chi connectivity index (χ0) is 10.2. The average molecular weight is 195 g/mol. The Morgan fingerprint density at radius 1 is 1.64 bits per heavy atom. The number of aryl methyl sites for hydroxylation is 1. The van der Waals surface area contributed by atoms with Crippen LogP contribution < -0.4 is 5.32 Å². The van der Waals surface area contributed by atoms with Crippen molar-refractivity contribution >= 4 is 0 Å². The summed E-state index contributed by atoms with van der Waals surface area (Å²) >= 11 is 0. The smallest absolute Gasteiger partial charge is 0.0987 e. The van der Waals surface area contributed by atoms with Crippen LogP contribution in [-0.2, 0) is 11.8 Å². The van der Waals surface area contributed by atoms with Crippen molar-refractivity contribution in [3.8, 4) is 0 Å². The normalized spacial score (nSPS) is 26.4. The molecule has 0 aromatic carbocycles. The molecule has 2 heterocycles. The van der Waals surface area contributed by atoms with Crippen LogP contribution in [0, 0.1) is 0 Å². The predicted octanol–water partition coefficient (Wildman–Crippen LogP) is 0.860. The lowest BCUT2D eigenvalue weighted by Gasteiger charge is -2.36. The van der Waals surface area contributed by atoms with Gasteiger partial charge >= 0.3 is 0 Å². The number of rotatable bonds is 1. The van der Waals surface area contributed by atoms with Crippen LogP contribution in [0.4, 0.5) is 0 Å². The summed E-state index contributed by atoms with van der Waals surface area (Å²) in [6.07, 6.45) is 4.01. The maximum absolute atomic E-state index is 5.96. The van der Waals surface area contributed by atoms with E-state index in [-0.39, 0.29) is 11.7 Å². The Labute approximate surface area is 84.3 Å². The third-order valence-corrected chi connectivity index (χ3v) is 2.44. The summed E-state index contributed by atoms with van der Waals surface area (Å²) < 4.78 is 7.76. The van der Waals surface area contributed by atoms with Gasteiger partial charge in [-0.15, -0.1) is 0 Å². The molecule has 0 radical (unpaired) electrons. The molecule has 1 unspecified atom stereocenters. The standard InChI is InChI=1S/C10H17N3O/c1-10(2)7-11-5-9(14-10)8-4-12-13(3)6-8/h4,6,9,11H,5,7H2,1-3H3. The molecule has 1 fully saturated rings. The van der Waals surface area contributed by atoms with Gasteiger partial charge in [-0.05, 0) is 13.8 Å². The van der Waals surface area contributed by atoms with Gasteiger partial charge in [0.25, 0.3) is 0 Å². The second-order valence-electron chi connectivity index (χ2n) is 4.44. The summed E-state index contributed by atoms with van der Waals surface area (Å²) in [6, 6.07) is 0. The largest absolute Gasteiger partial charge is 0.365 e. The summed E-state index contributed by atoms with van der Waals surface area (Å²) in [5, 5.41) is 7.52. The fourth-order valence-corrected chi connectivity index (χ4v) is 1.77. The Morgan fingerprint density at radius 2 is 2.43 bits per heavy atom. The molecule has 1 aromatic rings. The maximum atomic E-state index is 5.96. The molecular weight excluding hydrogens is 178 g/mol. The van der Waals surface area contributed by atoms with Crippen molar-refractivity contribution in [2.45, 2.75) is 25.6 Å². The van der Waals surface area contributed by atoms with Gasteiger partial charge in [0.15, 0.2) is 0 Å². The van der Waals surface area contributed by atoms with Crippen LogP contribution in [0.2, 0.25) is 0 Å². The number of nitrogens with one attached hydrogen (secondary N) is 1. The second-order valence-corrected chi connectivity index (χ2v) is 4.44. The number of hydrogen-bond acceptors (Lipinski definition) is 3. The van der Waals surface area contributed by atoms with Crippen molar-refractivity contribution in [1.82, 2.24) is 15.1 Å². The average Bonchev–Trinajstić information content (AvgIpc) is 2.50. The number of aromatic nitrogens is 2. The van der Waals surface area contributed by atoms with Gasteiger partial charge in [0, 0.05) is 31.9 Å². The van der Waals surface area contributed by atoms with Crippen molar-refractivity contribution in [3.63, 3.8) is 0 Å². The minimum Gasteiger partial charge on any atom is -0.365 e. The topological polar surface area (TPSA) is 39.1 Å². The molecule has 1 aliphatic rings. The first-order valence-corrected chi connectivity index (χ1v) is 4.94. The van der Waals surface area contributed by atoms with E-state index in [9.17, 15) is 0 Å². The molecular formula is C10H17N3O. The number of ether oxygens (including phenoxy) is 1. The van der Waals surface area contributed by atoms with Gasteiger partial charge < -0.3 is 10.1 Å². The molecule has 14 heavy (non-hydrogen) atoms. The van der Waals surface area contributed by atoms with E-state index < -0.39 is 0 Å². The van der Waals surface area contributed by atoms with Crippen molar-refractivity contribution in [3.05, 3.63) is 18.0 Å². The highest BCUT2D eigenvalue weighted by Gasteiger charge is 2.29. The molecule has 0 aliphatic carbocycles. The van der Waals surface area contributed by atoms with Crippen molar-refractivity contribution in [2.75, 3.05) is 13.1 Å². The number of morpholine rings is 1. The molecule has 1 N–H and O–H groups in total.